The first-order valence-electron chi connectivity index (χ1n) is 23.8. The molecule has 0 bridgehead atoms. The maximum absolute atomic E-state index is 17.1. The Labute approximate surface area is 379 Å². The summed E-state index contributed by atoms with van der Waals surface area (Å²) >= 11 is 0. The number of unbranched alkanes of at least 4 members (excludes halogenated alkanes) is 4. The van der Waals surface area contributed by atoms with Gasteiger partial charge in [-0.3, -0.25) is 4.79 Å². The molecule has 0 saturated carbocycles. The number of benzene rings is 4. The fourth-order valence-electron chi connectivity index (χ4n) is 10.9. The Morgan fingerprint density at radius 3 is 1.33 bits per heavy atom. The van der Waals surface area contributed by atoms with Gasteiger partial charge in [-0.15, -0.1) is 0 Å². The topological polar surface area (TPSA) is 55.8 Å². The van der Waals surface area contributed by atoms with Crippen LogP contribution in [-0.4, -0.2) is 51.7 Å². The number of rotatable bonds is 14. The number of ketones is 1. The molecule has 0 fully saturated rings. The number of fused-ring (bicyclic) bond motifs is 4. The number of carbonyl (C=O) groups excluding carboxylic acids is 1. The van der Waals surface area contributed by atoms with Gasteiger partial charge >= 0.3 is 0 Å². The summed E-state index contributed by atoms with van der Waals surface area (Å²) in [6, 6.07) is 47.4. The van der Waals surface area contributed by atoms with Crippen LogP contribution in [0, 0.1) is 0 Å². The summed E-state index contributed by atoms with van der Waals surface area (Å²) in [4.78, 5) is 37.7. The minimum Gasteiger partial charge on any atom is -0.368 e. The molecule has 7 heteroatoms. The van der Waals surface area contributed by atoms with Crippen LogP contribution >= 0.6 is 0 Å². The van der Waals surface area contributed by atoms with Gasteiger partial charge in [0.25, 0.3) is 0 Å². The number of pyridine rings is 2. The minimum atomic E-state index is -0.219. The van der Waals surface area contributed by atoms with E-state index in [-0.39, 0.29) is 17.9 Å². The summed E-state index contributed by atoms with van der Waals surface area (Å²) in [7, 11) is 0. The van der Waals surface area contributed by atoms with Gasteiger partial charge in [-0.2, -0.15) is 0 Å². The third-order valence-electron chi connectivity index (χ3n) is 13.9. The van der Waals surface area contributed by atoms with E-state index in [9.17, 15) is 0 Å². The molecule has 0 amide bonds. The quantitative estimate of drug-likeness (QED) is 0.101. The Balaban J connectivity index is 1.27. The normalized spacial score (nSPS) is 18.1. The lowest BCUT2D eigenvalue weighted by molar-refractivity contribution is -0.109. The summed E-state index contributed by atoms with van der Waals surface area (Å²) in [5.74, 6) is 1.82. The van der Waals surface area contributed by atoms with Crippen molar-refractivity contribution in [2.45, 2.75) is 90.4 Å². The van der Waals surface area contributed by atoms with Gasteiger partial charge in [0.05, 0.1) is 34.6 Å². The largest absolute Gasteiger partial charge is 0.368 e. The van der Waals surface area contributed by atoms with Crippen LogP contribution in [0.1, 0.15) is 109 Å². The second-order valence-corrected chi connectivity index (χ2v) is 17.9. The highest BCUT2D eigenvalue weighted by Crippen LogP contribution is 2.52. The highest BCUT2D eigenvalue weighted by Gasteiger charge is 2.46. The van der Waals surface area contributed by atoms with Crippen molar-refractivity contribution in [2.75, 3.05) is 36.0 Å². The van der Waals surface area contributed by atoms with Crippen LogP contribution in [0.2, 0.25) is 0 Å². The van der Waals surface area contributed by atoms with Gasteiger partial charge < -0.3 is 19.6 Å². The molecular formula is C57H60N6O. The third kappa shape index (κ3) is 7.80. The van der Waals surface area contributed by atoms with Crippen molar-refractivity contribution in [3.63, 3.8) is 0 Å². The predicted molar refractivity (Wildman–Crippen MR) is 261 cm³/mol. The van der Waals surface area contributed by atoms with E-state index in [2.05, 4.69) is 155 Å². The average molecular weight is 845 g/mol. The zero-order valence-electron chi connectivity index (χ0n) is 37.5. The molecule has 2 unspecified atom stereocenters. The first kappa shape index (κ1) is 41.5. The number of Topliss-reactive ketones (excluding diaryl/α,β-unsaturated/α-hetero) is 1. The molecule has 4 aliphatic rings. The number of nitrogens with zero attached hydrogens (tertiary/aromatic N) is 6. The third-order valence-corrected chi connectivity index (χ3v) is 13.9. The van der Waals surface area contributed by atoms with Crippen molar-refractivity contribution in [1.82, 2.24) is 19.8 Å². The van der Waals surface area contributed by atoms with Crippen molar-refractivity contribution in [2.24, 2.45) is 0 Å². The second kappa shape index (κ2) is 18.7. The number of allylic oxidation sites excluding steroid dienone is 2. The maximum Gasteiger partial charge on any atom is 0.198 e. The fourth-order valence-corrected chi connectivity index (χ4v) is 10.9. The lowest BCUT2D eigenvalue weighted by atomic mass is 9.79. The molecule has 7 nitrogen and oxygen atoms in total. The summed E-state index contributed by atoms with van der Waals surface area (Å²) < 4.78 is 0. The summed E-state index contributed by atoms with van der Waals surface area (Å²) in [5, 5.41) is 0. The van der Waals surface area contributed by atoms with Gasteiger partial charge in [0.2, 0.25) is 0 Å². The first-order valence-corrected chi connectivity index (χ1v) is 23.8. The van der Waals surface area contributed by atoms with E-state index < -0.39 is 0 Å². The molecule has 64 heavy (non-hydrogen) atoms. The summed E-state index contributed by atoms with van der Waals surface area (Å²) in [6.07, 6.45) is 12.2. The Morgan fingerprint density at radius 2 is 0.906 bits per heavy atom. The molecule has 2 aromatic heterocycles. The van der Waals surface area contributed by atoms with Crippen molar-refractivity contribution in [1.29, 1.82) is 0 Å². The molecule has 6 heterocycles. The standard InChI is InChI=1S/C57H60N6O/c1-3-5-17-35-62-51(43-23-9-7-10-24-43)53(60-37-31-41-21-13-15-27-45(41)39-60)49(47-29-19-33-58-56(47)62)55(64)50-48-30-20-34-59-57(48)63(36-18-6-4-2)52(44-25-11-8-12-26-44)54(50)61-38-32-42-22-14-16-28-46(42)40-61/h7-16,19-30,33-34,51-52H,3-6,17-18,31-32,35-40H2,1-2H3. The summed E-state index contributed by atoms with van der Waals surface area (Å²) in [5.41, 5.74) is 13.2. The van der Waals surface area contributed by atoms with E-state index in [1.54, 1.807) is 0 Å². The van der Waals surface area contributed by atoms with Crippen molar-refractivity contribution < 1.29 is 4.79 Å². The second-order valence-electron chi connectivity index (χ2n) is 17.9. The highest BCUT2D eigenvalue weighted by atomic mass is 16.1. The molecule has 0 saturated heterocycles. The Hall–Kier alpha value is -6.47. The van der Waals surface area contributed by atoms with E-state index in [0.29, 0.717) is 0 Å². The van der Waals surface area contributed by atoms with Gasteiger partial charge in [0.1, 0.15) is 11.6 Å². The van der Waals surface area contributed by atoms with E-state index in [4.69, 9.17) is 9.97 Å². The van der Waals surface area contributed by atoms with E-state index in [0.717, 1.165) is 136 Å². The molecule has 6 aromatic rings. The molecular weight excluding hydrogens is 785 g/mol. The zero-order chi connectivity index (χ0) is 43.4. The lowest BCUT2D eigenvalue weighted by Crippen LogP contribution is -2.45. The van der Waals surface area contributed by atoms with Gasteiger partial charge in [-0.05, 0) is 83.3 Å². The molecule has 0 radical (unpaired) electrons. The van der Waals surface area contributed by atoms with Crippen LogP contribution in [0.15, 0.2) is 157 Å². The molecule has 324 valence electrons. The molecule has 4 aromatic carbocycles. The molecule has 0 N–H and O–H groups in total. The number of aromatic nitrogens is 2. The fraction of sp³-hybridized carbons (Fsp3) is 0.316. The Bertz CT molecular complexity index is 2490. The number of hydrogen-bond acceptors (Lipinski definition) is 7. The van der Waals surface area contributed by atoms with Crippen LogP contribution < -0.4 is 9.80 Å². The van der Waals surface area contributed by atoms with E-state index >= 15 is 4.79 Å². The van der Waals surface area contributed by atoms with Crippen molar-refractivity contribution in [3.8, 4) is 0 Å². The van der Waals surface area contributed by atoms with Crippen LogP contribution in [0.5, 0.6) is 0 Å². The van der Waals surface area contributed by atoms with Crippen LogP contribution in [-0.2, 0) is 30.7 Å². The minimum absolute atomic E-state index is 0.0505. The lowest BCUT2D eigenvalue weighted by Gasteiger charge is -2.47. The molecule has 2 atom stereocenters. The number of hydrogen-bond donors (Lipinski definition) is 0. The van der Waals surface area contributed by atoms with Gasteiger partial charge in [-0.1, -0.05) is 149 Å². The zero-order valence-corrected chi connectivity index (χ0v) is 37.5. The Kier molecular flexibility index (Phi) is 12.1. The van der Waals surface area contributed by atoms with Crippen LogP contribution in [0.25, 0.3) is 11.1 Å². The van der Waals surface area contributed by atoms with E-state index in [1.165, 1.54) is 33.4 Å². The monoisotopic (exact) mass is 844 g/mol. The number of carbonyl (C=O) groups is 1. The average Bonchev–Trinajstić information content (AvgIpc) is 3.36. The molecule has 10 rings (SSSR count). The van der Waals surface area contributed by atoms with Crippen molar-refractivity contribution >= 4 is 28.6 Å². The first-order chi connectivity index (χ1) is 31.6. The predicted octanol–water partition coefficient (Wildman–Crippen LogP) is 11.8. The molecule has 0 spiro atoms. The number of anilines is 2. The highest BCUT2D eigenvalue weighted by molar-refractivity contribution is 6.44. The van der Waals surface area contributed by atoms with Gasteiger partial charge in [0, 0.05) is 62.8 Å². The van der Waals surface area contributed by atoms with Crippen LogP contribution in [0.3, 0.4) is 0 Å². The molecule has 4 aliphatic heterocycles. The molecule has 0 aliphatic carbocycles. The van der Waals surface area contributed by atoms with Gasteiger partial charge in [0.15, 0.2) is 5.78 Å². The van der Waals surface area contributed by atoms with Crippen molar-refractivity contribution in [3.05, 3.63) is 202 Å². The van der Waals surface area contributed by atoms with Crippen LogP contribution in [0.4, 0.5) is 11.6 Å². The summed E-state index contributed by atoms with van der Waals surface area (Å²) in [6.45, 7) is 9.30. The maximum atomic E-state index is 17.1. The Morgan fingerprint density at radius 1 is 0.500 bits per heavy atom. The SMILES string of the molecule is CCCCCN1c2ncccc2C(C(=O)C2=C(N3CCc4ccccc4C3)C(c3ccccc3)N(CCCCC)c3ncccc32)=C(N2CCc3ccccc3C2)C1c1ccccc1. The van der Waals surface area contributed by atoms with Gasteiger partial charge in [-0.25, -0.2) is 9.97 Å². The smallest absolute Gasteiger partial charge is 0.198 e. The van der Waals surface area contributed by atoms with E-state index in [1.807, 2.05) is 24.5 Å².